The number of benzene rings is 2. The normalized spacial score (nSPS) is 14.4. The topological polar surface area (TPSA) is 6.48 Å². The zero-order valence-electron chi connectivity index (χ0n) is 11.0. The molecular formula is C16H17ClN2. The van der Waals surface area contributed by atoms with Crippen molar-refractivity contribution < 1.29 is 0 Å². The summed E-state index contributed by atoms with van der Waals surface area (Å²) in [6, 6.07) is 17.1. The van der Waals surface area contributed by atoms with E-state index in [1.54, 1.807) is 0 Å². The van der Waals surface area contributed by atoms with Crippen LogP contribution in [0.3, 0.4) is 0 Å². The van der Waals surface area contributed by atoms with Gasteiger partial charge in [0, 0.05) is 31.7 Å². The SMILES string of the molecule is CN1CCN(c2ccc(CCl)cc2)c2ccccc21. The lowest BCUT2D eigenvalue weighted by molar-refractivity contribution is 0.822. The van der Waals surface area contributed by atoms with Gasteiger partial charge < -0.3 is 9.80 Å². The monoisotopic (exact) mass is 272 g/mol. The Balaban J connectivity index is 1.99. The molecule has 19 heavy (non-hydrogen) atoms. The number of rotatable bonds is 2. The van der Waals surface area contributed by atoms with Crippen molar-refractivity contribution in [2.45, 2.75) is 5.88 Å². The van der Waals surface area contributed by atoms with E-state index in [-0.39, 0.29) is 0 Å². The quantitative estimate of drug-likeness (QED) is 0.762. The van der Waals surface area contributed by atoms with Gasteiger partial charge >= 0.3 is 0 Å². The molecule has 0 unspecified atom stereocenters. The highest BCUT2D eigenvalue weighted by Crippen LogP contribution is 2.36. The molecule has 2 aromatic rings. The zero-order valence-corrected chi connectivity index (χ0v) is 11.8. The van der Waals surface area contributed by atoms with Crippen LogP contribution in [0.2, 0.25) is 0 Å². The number of para-hydroxylation sites is 2. The van der Waals surface area contributed by atoms with Crippen LogP contribution in [0.15, 0.2) is 48.5 Å². The van der Waals surface area contributed by atoms with Gasteiger partial charge in [-0.25, -0.2) is 0 Å². The predicted molar refractivity (Wildman–Crippen MR) is 82.7 cm³/mol. The largest absolute Gasteiger partial charge is 0.371 e. The second kappa shape index (κ2) is 5.14. The molecule has 1 heterocycles. The van der Waals surface area contributed by atoms with E-state index < -0.39 is 0 Å². The molecule has 0 radical (unpaired) electrons. The van der Waals surface area contributed by atoms with Crippen LogP contribution in [0.5, 0.6) is 0 Å². The molecule has 0 spiro atoms. The highest BCUT2D eigenvalue weighted by molar-refractivity contribution is 6.17. The molecular weight excluding hydrogens is 256 g/mol. The molecule has 1 aliphatic heterocycles. The number of alkyl halides is 1. The summed E-state index contributed by atoms with van der Waals surface area (Å²) in [5.74, 6) is 0.569. The molecule has 0 fully saturated rings. The maximum absolute atomic E-state index is 5.84. The summed E-state index contributed by atoms with van der Waals surface area (Å²) in [4.78, 5) is 4.67. The first kappa shape index (κ1) is 12.4. The molecule has 3 heteroatoms. The van der Waals surface area contributed by atoms with Gasteiger partial charge in [-0.3, -0.25) is 0 Å². The first-order valence-corrected chi connectivity index (χ1v) is 7.05. The summed E-state index contributed by atoms with van der Waals surface area (Å²) in [7, 11) is 2.15. The Bertz CT molecular complexity index is 565. The minimum Gasteiger partial charge on any atom is -0.371 e. The van der Waals surface area contributed by atoms with Crippen molar-refractivity contribution in [3.8, 4) is 0 Å². The molecule has 0 bridgehead atoms. The minimum absolute atomic E-state index is 0.569. The van der Waals surface area contributed by atoms with Crippen LogP contribution in [0, 0.1) is 0 Å². The molecule has 3 rings (SSSR count). The second-order valence-electron chi connectivity index (χ2n) is 4.86. The lowest BCUT2D eigenvalue weighted by atomic mass is 10.1. The Kier molecular flexibility index (Phi) is 3.34. The van der Waals surface area contributed by atoms with Gasteiger partial charge in [-0.1, -0.05) is 24.3 Å². The predicted octanol–water partition coefficient (Wildman–Crippen LogP) is 4.01. The Morgan fingerprint density at radius 2 is 1.63 bits per heavy atom. The van der Waals surface area contributed by atoms with Crippen LogP contribution < -0.4 is 9.80 Å². The second-order valence-corrected chi connectivity index (χ2v) is 5.13. The fraction of sp³-hybridized carbons (Fsp3) is 0.250. The number of anilines is 3. The number of hydrogen-bond donors (Lipinski definition) is 0. The van der Waals surface area contributed by atoms with Gasteiger partial charge in [0.05, 0.1) is 11.4 Å². The van der Waals surface area contributed by atoms with Crippen LogP contribution >= 0.6 is 11.6 Å². The van der Waals surface area contributed by atoms with E-state index in [4.69, 9.17) is 11.6 Å². The zero-order chi connectivity index (χ0) is 13.2. The van der Waals surface area contributed by atoms with E-state index in [1.807, 2.05) is 0 Å². The maximum atomic E-state index is 5.84. The van der Waals surface area contributed by atoms with E-state index in [1.165, 1.54) is 17.1 Å². The van der Waals surface area contributed by atoms with E-state index in [0.29, 0.717) is 5.88 Å². The third-order valence-corrected chi connectivity index (χ3v) is 3.95. The maximum Gasteiger partial charge on any atom is 0.0649 e. The van der Waals surface area contributed by atoms with Gasteiger partial charge in [-0.15, -0.1) is 11.6 Å². The first-order valence-electron chi connectivity index (χ1n) is 6.52. The van der Waals surface area contributed by atoms with Gasteiger partial charge in [0.15, 0.2) is 0 Å². The minimum atomic E-state index is 0.569. The van der Waals surface area contributed by atoms with Crippen molar-refractivity contribution in [3.05, 3.63) is 54.1 Å². The molecule has 1 aliphatic rings. The molecule has 0 saturated heterocycles. The number of likely N-dealkylation sites (N-methyl/N-ethyl adjacent to an activating group) is 1. The summed E-state index contributed by atoms with van der Waals surface area (Å²) >= 11 is 5.84. The third-order valence-electron chi connectivity index (χ3n) is 3.65. The number of hydrogen-bond acceptors (Lipinski definition) is 2. The number of halogens is 1. The van der Waals surface area contributed by atoms with Crippen LogP contribution in [0.1, 0.15) is 5.56 Å². The average molecular weight is 273 g/mol. The Morgan fingerprint density at radius 3 is 2.32 bits per heavy atom. The molecule has 0 amide bonds. The van der Waals surface area contributed by atoms with Crippen molar-refractivity contribution in [1.29, 1.82) is 0 Å². The van der Waals surface area contributed by atoms with Gasteiger partial charge in [-0.2, -0.15) is 0 Å². The number of fused-ring (bicyclic) bond motifs is 1. The summed E-state index contributed by atoms with van der Waals surface area (Å²) in [6.07, 6.45) is 0. The standard InChI is InChI=1S/C16H17ClN2/c1-18-10-11-19(16-5-3-2-4-15(16)18)14-8-6-13(12-17)7-9-14/h2-9H,10-12H2,1H3. The molecule has 0 aromatic heterocycles. The summed E-state index contributed by atoms with van der Waals surface area (Å²) < 4.78 is 0. The van der Waals surface area contributed by atoms with Crippen molar-refractivity contribution in [2.24, 2.45) is 0 Å². The molecule has 2 nitrogen and oxygen atoms in total. The molecule has 0 saturated carbocycles. The summed E-state index contributed by atoms with van der Waals surface area (Å²) in [6.45, 7) is 2.04. The van der Waals surface area contributed by atoms with Crippen molar-refractivity contribution in [1.82, 2.24) is 0 Å². The van der Waals surface area contributed by atoms with E-state index in [0.717, 1.165) is 18.7 Å². The van der Waals surface area contributed by atoms with E-state index >= 15 is 0 Å². The Hall–Kier alpha value is -1.67. The average Bonchev–Trinajstić information content (AvgIpc) is 2.48. The Morgan fingerprint density at radius 1 is 0.947 bits per heavy atom. The summed E-state index contributed by atoms with van der Waals surface area (Å²) in [5, 5.41) is 0. The molecule has 98 valence electrons. The fourth-order valence-corrected chi connectivity index (χ4v) is 2.72. The number of nitrogens with zero attached hydrogens (tertiary/aromatic N) is 2. The van der Waals surface area contributed by atoms with E-state index in [9.17, 15) is 0 Å². The smallest absolute Gasteiger partial charge is 0.0649 e. The summed E-state index contributed by atoms with van der Waals surface area (Å²) in [5.41, 5.74) is 4.95. The lowest BCUT2D eigenvalue weighted by Gasteiger charge is -2.37. The fourth-order valence-electron chi connectivity index (χ4n) is 2.54. The van der Waals surface area contributed by atoms with E-state index in [2.05, 4.69) is 65.4 Å². The lowest BCUT2D eigenvalue weighted by Crippen LogP contribution is -2.36. The van der Waals surface area contributed by atoms with Crippen molar-refractivity contribution in [2.75, 3.05) is 29.9 Å². The highest BCUT2D eigenvalue weighted by atomic mass is 35.5. The van der Waals surface area contributed by atoms with Crippen LogP contribution in [0.4, 0.5) is 17.1 Å². The van der Waals surface area contributed by atoms with Crippen molar-refractivity contribution in [3.63, 3.8) is 0 Å². The van der Waals surface area contributed by atoms with Gasteiger partial charge in [0.1, 0.15) is 0 Å². The molecule has 0 aliphatic carbocycles. The third kappa shape index (κ3) is 2.28. The molecule has 0 atom stereocenters. The van der Waals surface area contributed by atoms with Crippen LogP contribution in [0.25, 0.3) is 0 Å². The highest BCUT2D eigenvalue weighted by Gasteiger charge is 2.20. The molecule has 0 N–H and O–H groups in total. The Labute approximate surface area is 119 Å². The van der Waals surface area contributed by atoms with Crippen LogP contribution in [-0.4, -0.2) is 20.1 Å². The first-order chi connectivity index (χ1) is 9.29. The van der Waals surface area contributed by atoms with Gasteiger partial charge in [-0.05, 0) is 29.8 Å². The van der Waals surface area contributed by atoms with Crippen LogP contribution in [-0.2, 0) is 5.88 Å². The van der Waals surface area contributed by atoms with Gasteiger partial charge in [0.2, 0.25) is 0 Å². The molecule has 2 aromatic carbocycles. The van der Waals surface area contributed by atoms with Crippen molar-refractivity contribution >= 4 is 28.7 Å². The van der Waals surface area contributed by atoms with Gasteiger partial charge in [0.25, 0.3) is 0 Å².